The highest BCUT2D eigenvalue weighted by Crippen LogP contribution is 2.44. The van der Waals surface area contributed by atoms with Crippen LogP contribution in [0.15, 0.2) is 66.1 Å². The van der Waals surface area contributed by atoms with Crippen LogP contribution in [-0.4, -0.2) is 54.0 Å². The average molecular weight is 565 g/mol. The molecule has 4 aromatic rings. The Bertz CT molecular complexity index is 1550. The van der Waals surface area contributed by atoms with Crippen LogP contribution in [-0.2, 0) is 11.3 Å². The quantitative estimate of drug-likeness (QED) is 0.0937. The van der Waals surface area contributed by atoms with Crippen LogP contribution in [0.25, 0.3) is 11.4 Å². The number of ether oxygens (including phenoxy) is 3. The van der Waals surface area contributed by atoms with Crippen molar-refractivity contribution in [2.75, 3.05) is 18.5 Å². The van der Waals surface area contributed by atoms with E-state index in [1.807, 2.05) is 13.8 Å². The van der Waals surface area contributed by atoms with Gasteiger partial charge in [0.1, 0.15) is 11.5 Å². The molecule has 3 aromatic heterocycles. The average Bonchev–Trinajstić information content (AvgIpc) is 2.97. The number of amidine groups is 1. The summed E-state index contributed by atoms with van der Waals surface area (Å²) in [4.78, 5) is 17.4. The number of aromatic nitrogens is 4. The molecule has 0 bridgehead atoms. The molecular weight excluding hydrogens is 538 g/mol. The zero-order valence-corrected chi connectivity index (χ0v) is 22.8. The topological polar surface area (TPSA) is 181 Å². The molecule has 0 fully saturated rings. The fourth-order valence-electron chi connectivity index (χ4n) is 3.60. The van der Waals surface area contributed by atoms with E-state index in [4.69, 9.17) is 25.2 Å². The highest BCUT2D eigenvalue weighted by Gasteiger charge is 2.27. The summed E-state index contributed by atoms with van der Waals surface area (Å²) < 4.78 is 43.4. The van der Waals surface area contributed by atoms with Gasteiger partial charge in [0, 0.05) is 18.0 Å². The molecule has 1 unspecified atom stereocenters. The number of oxime groups is 1. The smallest absolute Gasteiger partial charge is 0.263 e. The molecule has 0 aliphatic carbocycles. The van der Waals surface area contributed by atoms with Crippen LogP contribution in [0, 0.1) is 0 Å². The summed E-state index contributed by atoms with van der Waals surface area (Å²) in [7, 11) is 2.83. The lowest BCUT2D eigenvalue weighted by atomic mass is 10.1. The molecule has 208 valence electrons. The van der Waals surface area contributed by atoms with Crippen molar-refractivity contribution in [2.24, 2.45) is 10.9 Å². The molecule has 0 saturated heterocycles. The summed E-state index contributed by atoms with van der Waals surface area (Å²) in [5.41, 5.74) is 7.14. The third kappa shape index (κ3) is 5.92. The highest BCUT2D eigenvalue weighted by atomic mass is 32.2. The molecule has 1 aromatic carbocycles. The molecule has 4 rings (SSSR count). The number of pyridine rings is 2. The van der Waals surface area contributed by atoms with Crippen LogP contribution in [0.5, 0.6) is 23.1 Å². The molecule has 3 N–H and O–H groups in total. The summed E-state index contributed by atoms with van der Waals surface area (Å²) in [6.07, 6.45) is 3.00. The minimum Gasteiger partial charge on any atom is -0.755 e. The SMILES string of the molecule is COc1ccccc1Oc1c(OC)nc(-c2ccnc(C(N)=NO)c2)nc1N(c1ccc(C(C)C)cn1)S(=O)[O-]. The van der Waals surface area contributed by atoms with Crippen LogP contribution in [0.3, 0.4) is 0 Å². The van der Waals surface area contributed by atoms with E-state index in [1.165, 1.54) is 26.5 Å². The number of anilines is 2. The third-order valence-electron chi connectivity index (χ3n) is 5.67. The van der Waals surface area contributed by atoms with Gasteiger partial charge in [-0.1, -0.05) is 37.2 Å². The Balaban J connectivity index is 1.97. The van der Waals surface area contributed by atoms with E-state index >= 15 is 0 Å². The predicted molar refractivity (Wildman–Crippen MR) is 147 cm³/mol. The van der Waals surface area contributed by atoms with E-state index in [-0.39, 0.29) is 52.3 Å². The summed E-state index contributed by atoms with van der Waals surface area (Å²) in [6, 6.07) is 13.2. The van der Waals surface area contributed by atoms with Gasteiger partial charge < -0.3 is 29.7 Å². The first kappa shape index (κ1) is 28.2. The fraction of sp³-hybridized carbons (Fsp3) is 0.192. The van der Waals surface area contributed by atoms with Crippen molar-refractivity contribution >= 4 is 28.7 Å². The lowest BCUT2D eigenvalue weighted by Gasteiger charge is -2.27. The number of nitrogens with two attached hydrogens (primary N) is 1. The second-order valence-electron chi connectivity index (χ2n) is 8.49. The molecule has 1 atom stereocenters. The maximum Gasteiger partial charge on any atom is 0.263 e. The van der Waals surface area contributed by atoms with Crippen molar-refractivity contribution < 1.29 is 28.2 Å². The molecule has 3 heterocycles. The van der Waals surface area contributed by atoms with Crippen molar-refractivity contribution in [1.82, 2.24) is 19.9 Å². The van der Waals surface area contributed by atoms with E-state index in [0.717, 1.165) is 9.87 Å². The van der Waals surface area contributed by atoms with Gasteiger partial charge in [-0.3, -0.25) is 9.19 Å². The Kier molecular flexibility index (Phi) is 8.71. The van der Waals surface area contributed by atoms with Crippen LogP contribution < -0.4 is 24.2 Å². The van der Waals surface area contributed by atoms with Gasteiger partial charge in [0.15, 0.2) is 29.0 Å². The number of benzene rings is 1. The van der Waals surface area contributed by atoms with Gasteiger partial charge in [0.05, 0.1) is 25.5 Å². The van der Waals surface area contributed by atoms with Crippen LogP contribution >= 0.6 is 0 Å². The molecule has 40 heavy (non-hydrogen) atoms. The summed E-state index contributed by atoms with van der Waals surface area (Å²) >= 11 is -2.91. The Hall–Kier alpha value is -4.82. The third-order valence-corrected chi connectivity index (χ3v) is 6.32. The molecule has 0 saturated carbocycles. The van der Waals surface area contributed by atoms with Crippen molar-refractivity contribution in [3.05, 3.63) is 72.2 Å². The minimum atomic E-state index is -2.91. The summed E-state index contributed by atoms with van der Waals surface area (Å²) in [6.45, 7) is 4.00. The number of nitrogens with zero attached hydrogens (tertiary/aromatic N) is 6. The van der Waals surface area contributed by atoms with Crippen LogP contribution in [0.1, 0.15) is 31.0 Å². The standard InChI is InChI=1S/C26H27N7O6S/c1-15(2)17-9-10-21(29-14-17)33(40(35)36)25-22(39-20-8-6-5-7-19(20)37-3)26(38-4)31-24(30-25)16-11-12-28-18(13-16)23(27)32-34/h5-15,34H,1-4H3,(H2,27,32)(H,35,36)/p-1. The molecular formula is C26H26N7O6S-. The number of methoxy groups -OCH3 is 2. The summed E-state index contributed by atoms with van der Waals surface area (Å²) in [5.74, 6) is 0.311. The second-order valence-corrected chi connectivity index (χ2v) is 9.29. The zero-order chi connectivity index (χ0) is 28.8. The number of hydrogen-bond donors (Lipinski definition) is 2. The molecule has 0 radical (unpaired) electrons. The largest absolute Gasteiger partial charge is 0.755 e. The Labute approximate surface area is 232 Å². The first-order valence-electron chi connectivity index (χ1n) is 11.8. The molecule has 0 aliphatic heterocycles. The van der Waals surface area contributed by atoms with Crippen molar-refractivity contribution in [3.63, 3.8) is 0 Å². The van der Waals surface area contributed by atoms with E-state index in [2.05, 4.69) is 25.1 Å². The predicted octanol–water partition coefficient (Wildman–Crippen LogP) is 3.89. The summed E-state index contributed by atoms with van der Waals surface area (Å²) in [5, 5.41) is 12.0. The first-order chi connectivity index (χ1) is 19.3. The van der Waals surface area contributed by atoms with Gasteiger partial charge in [0.2, 0.25) is 5.75 Å². The molecule has 0 spiro atoms. The Morgan fingerprint density at radius 1 is 1.07 bits per heavy atom. The number of para-hydroxylation sites is 2. The van der Waals surface area contributed by atoms with Crippen LogP contribution in [0.2, 0.25) is 0 Å². The van der Waals surface area contributed by atoms with Crippen molar-refractivity contribution in [2.45, 2.75) is 19.8 Å². The van der Waals surface area contributed by atoms with Gasteiger partial charge in [-0.25, -0.2) is 14.3 Å². The monoisotopic (exact) mass is 564 g/mol. The normalized spacial score (nSPS) is 12.2. The fourth-order valence-corrected chi connectivity index (χ4v) is 4.13. The second kappa shape index (κ2) is 12.4. The van der Waals surface area contributed by atoms with Crippen LogP contribution in [0.4, 0.5) is 11.6 Å². The molecule has 0 aliphatic rings. The van der Waals surface area contributed by atoms with Crippen molar-refractivity contribution in [3.8, 4) is 34.5 Å². The van der Waals surface area contributed by atoms with E-state index in [1.54, 1.807) is 48.7 Å². The maximum absolute atomic E-state index is 12.7. The van der Waals surface area contributed by atoms with E-state index in [9.17, 15) is 8.76 Å². The van der Waals surface area contributed by atoms with Crippen molar-refractivity contribution in [1.29, 1.82) is 0 Å². The van der Waals surface area contributed by atoms with Gasteiger partial charge in [-0.15, -0.1) is 0 Å². The highest BCUT2D eigenvalue weighted by molar-refractivity contribution is 7.81. The first-order valence-corrected chi connectivity index (χ1v) is 12.9. The van der Waals surface area contributed by atoms with Gasteiger partial charge in [-0.05, 0) is 41.8 Å². The van der Waals surface area contributed by atoms with Gasteiger partial charge in [0.25, 0.3) is 5.88 Å². The number of hydrogen-bond acceptors (Lipinski definition) is 11. The molecule has 13 nitrogen and oxygen atoms in total. The van der Waals surface area contributed by atoms with E-state index in [0.29, 0.717) is 11.3 Å². The Morgan fingerprint density at radius 2 is 1.82 bits per heavy atom. The lowest BCUT2D eigenvalue weighted by molar-refractivity contribution is 0.318. The Morgan fingerprint density at radius 3 is 2.42 bits per heavy atom. The maximum atomic E-state index is 12.7. The van der Waals surface area contributed by atoms with Gasteiger partial charge >= 0.3 is 0 Å². The minimum absolute atomic E-state index is 0.0443. The molecule has 14 heteroatoms. The molecule has 0 amide bonds. The van der Waals surface area contributed by atoms with E-state index < -0.39 is 11.3 Å². The lowest BCUT2D eigenvalue weighted by Crippen LogP contribution is -2.23. The van der Waals surface area contributed by atoms with Gasteiger partial charge in [-0.2, -0.15) is 4.98 Å². The zero-order valence-electron chi connectivity index (χ0n) is 22.0. The number of rotatable bonds is 10.